The fourth-order valence-corrected chi connectivity index (χ4v) is 4.51. The molecule has 1 aliphatic rings. The summed E-state index contributed by atoms with van der Waals surface area (Å²) in [6, 6.07) is 7.93. The zero-order valence-electron chi connectivity index (χ0n) is 23.4. The van der Waals surface area contributed by atoms with E-state index in [-0.39, 0.29) is 41.1 Å². The van der Waals surface area contributed by atoms with Crippen molar-refractivity contribution >= 4 is 35.1 Å². The average Bonchev–Trinajstić information content (AvgIpc) is 2.89. The molecule has 3 rings (SSSR count). The molecule has 12 heteroatoms. The van der Waals surface area contributed by atoms with Crippen LogP contribution in [0.15, 0.2) is 24.3 Å². The van der Waals surface area contributed by atoms with Gasteiger partial charge in [-0.25, -0.2) is 9.97 Å². The number of ether oxygens (including phenoxy) is 1. The fraction of sp³-hybridized carbons (Fsp3) is 0.556. The Bertz CT molecular complexity index is 1110. The summed E-state index contributed by atoms with van der Waals surface area (Å²) in [5.74, 6) is 0.638. The first-order valence-corrected chi connectivity index (χ1v) is 13.7. The van der Waals surface area contributed by atoms with Gasteiger partial charge in [-0.2, -0.15) is 0 Å². The van der Waals surface area contributed by atoms with Crippen LogP contribution in [0.4, 0.5) is 11.6 Å². The second kappa shape index (κ2) is 14.3. The van der Waals surface area contributed by atoms with Crippen molar-refractivity contribution in [3.8, 4) is 5.75 Å². The first-order valence-electron chi connectivity index (χ1n) is 13.4. The maximum atomic E-state index is 12.9. The lowest BCUT2D eigenvalue weighted by atomic mass is 10.0. The molecular formula is C27H42ClN8O3+. The number of carbonyl (C=O) groups is 2. The Morgan fingerprint density at radius 2 is 1.95 bits per heavy atom. The molecule has 1 saturated heterocycles. The topological polar surface area (TPSA) is 134 Å². The number of nitrogens with two attached hydrogens (primary N) is 1. The number of hydrogen-bond acceptors (Lipinski definition) is 8. The van der Waals surface area contributed by atoms with E-state index in [2.05, 4.69) is 52.0 Å². The van der Waals surface area contributed by atoms with Crippen LogP contribution in [0.25, 0.3) is 0 Å². The maximum absolute atomic E-state index is 12.9. The number of anilines is 2. The molecule has 0 spiro atoms. The zero-order valence-corrected chi connectivity index (χ0v) is 24.2. The van der Waals surface area contributed by atoms with E-state index in [1.54, 1.807) is 7.05 Å². The van der Waals surface area contributed by atoms with E-state index in [9.17, 15) is 9.59 Å². The van der Waals surface area contributed by atoms with Gasteiger partial charge < -0.3 is 35.8 Å². The van der Waals surface area contributed by atoms with Gasteiger partial charge in [0.15, 0.2) is 29.1 Å². The van der Waals surface area contributed by atoms with Crippen molar-refractivity contribution in [2.75, 3.05) is 78.6 Å². The molecule has 39 heavy (non-hydrogen) atoms. The number of nitrogens with one attached hydrogen (secondary N) is 3. The number of nitrogen functional groups attached to an aromatic ring is 1. The molecule has 1 unspecified atom stereocenters. The van der Waals surface area contributed by atoms with Crippen molar-refractivity contribution in [3.05, 3.63) is 40.7 Å². The van der Waals surface area contributed by atoms with Crippen LogP contribution in [0.3, 0.4) is 0 Å². The van der Waals surface area contributed by atoms with E-state index in [4.69, 9.17) is 22.1 Å². The van der Waals surface area contributed by atoms with Crippen molar-refractivity contribution in [2.45, 2.75) is 31.7 Å². The highest BCUT2D eigenvalue weighted by Gasteiger charge is 2.24. The van der Waals surface area contributed by atoms with Crippen LogP contribution >= 0.6 is 11.6 Å². The molecule has 2 aromatic rings. The SMILES string of the molecule is CNc1nc(N)c(Cl)nc1C(=O)NC1CCCN(CCCc2ccc(OCC(=O)NCC[N+](C)(C)C)cc2)C1. The predicted molar refractivity (Wildman–Crippen MR) is 154 cm³/mol. The number of piperidine rings is 1. The number of aryl methyl sites for hydroxylation is 1. The largest absolute Gasteiger partial charge is 0.484 e. The van der Waals surface area contributed by atoms with Crippen molar-refractivity contribution in [1.29, 1.82) is 0 Å². The van der Waals surface area contributed by atoms with Crippen molar-refractivity contribution in [1.82, 2.24) is 25.5 Å². The Hall–Kier alpha value is -3.15. The Morgan fingerprint density at radius 3 is 2.64 bits per heavy atom. The van der Waals surface area contributed by atoms with Gasteiger partial charge in [-0.1, -0.05) is 23.7 Å². The molecule has 1 aromatic carbocycles. The van der Waals surface area contributed by atoms with Gasteiger partial charge in [-0.05, 0) is 56.5 Å². The number of hydrogen-bond donors (Lipinski definition) is 4. The summed E-state index contributed by atoms with van der Waals surface area (Å²) in [4.78, 5) is 35.4. The molecule has 2 heterocycles. The number of likely N-dealkylation sites (tertiary alicyclic amines) is 1. The number of likely N-dealkylation sites (N-methyl/N-ethyl adjacent to an activating group) is 1. The second-order valence-corrected chi connectivity index (χ2v) is 11.2. The van der Waals surface area contributed by atoms with E-state index >= 15 is 0 Å². The number of quaternary nitrogens is 1. The standard InChI is InChI=1S/C27H41ClN8O3/c1-30-26-23(33-24(28)25(29)34-26)27(38)32-20-8-6-15-35(17-20)14-5-7-19-9-11-21(12-10-19)39-18-22(37)31-13-16-36(2,3)4/h9-12,20H,5-8,13-18H2,1-4H3,(H4-,29,30,31,32,34,37,38)/p+1. The van der Waals surface area contributed by atoms with Crippen LogP contribution in [0.1, 0.15) is 35.3 Å². The van der Waals surface area contributed by atoms with Crippen molar-refractivity contribution < 1.29 is 18.8 Å². The first-order chi connectivity index (χ1) is 18.5. The first kappa shape index (κ1) is 30.4. The number of halogens is 1. The zero-order chi connectivity index (χ0) is 28.4. The third-order valence-electron chi connectivity index (χ3n) is 6.51. The molecule has 1 aliphatic heterocycles. The highest BCUT2D eigenvalue weighted by molar-refractivity contribution is 6.31. The molecule has 1 atom stereocenters. The van der Waals surface area contributed by atoms with Gasteiger partial charge in [0.25, 0.3) is 11.8 Å². The molecule has 1 fully saturated rings. The van der Waals surface area contributed by atoms with Gasteiger partial charge in [0.2, 0.25) is 0 Å². The number of aromatic nitrogens is 2. The minimum Gasteiger partial charge on any atom is -0.484 e. The molecule has 5 N–H and O–H groups in total. The average molecular weight is 562 g/mol. The molecule has 0 bridgehead atoms. The molecule has 1 aromatic heterocycles. The maximum Gasteiger partial charge on any atom is 0.274 e. The van der Waals surface area contributed by atoms with Crippen LogP contribution in [-0.4, -0.2) is 105 Å². The van der Waals surface area contributed by atoms with E-state index in [1.807, 2.05) is 24.3 Å². The number of rotatable bonds is 13. The molecule has 0 radical (unpaired) electrons. The lowest BCUT2D eigenvalue weighted by Gasteiger charge is -2.33. The summed E-state index contributed by atoms with van der Waals surface area (Å²) < 4.78 is 6.42. The van der Waals surface area contributed by atoms with Gasteiger partial charge in [-0.15, -0.1) is 0 Å². The molecule has 0 saturated carbocycles. The highest BCUT2D eigenvalue weighted by atomic mass is 35.5. The third-order valence-corrected chi connectivity index (χ3v) is 6.79. The lowest BCUT2D eigenvalue weighted by Crippen LogP contribution is -2.48. The van der Waals surface area contributed by atoms with Gasteiger partial charge >= 0.3 is 0 Å². The Labute approximate surface area is 236 Å². The lowest BCUT2D eigenvalue weighted by molar-refractivity contribution is -0.869. The summed E-state index contributed by atoms with van der Waals surface area (Å²) >= 11 is 5.99. The number of amides is 2. The molecular weight excluding hydrogens is 520 g/mol. The molecule has 2 amide bonds. The summed E-state index contributed by atoms with van der Waals surface area (Å²) in [5, 5.41) is 8.82. The smallest absolute Gasteiger partial charge is 0.274 e. The quantitative estimate of drug-likeness (QED) is 0.272. The van der Waals surface area contributed by atoms with Gasteiger partial charge in [0, 0.05) is 19.6 Å². The fourth-order valence-electron chi connectivity index (χ4n) is 4.38. The van der Waals surface area contributed by atoms with Gasteiger partial charge in [-0.3, -0.25) is 9.59 Å². The third kappa shape index (κ3) is 10.2. The number of benzene rings is 1. The van der Waals surface area contributed by atoms with Crippen LogP contribution in [0.2, 0.25) is 5.15 Å². The van der Waals surface area contributed by atoms with Gasteiger partial charge in [0.05, 0.1) is 34.2 Å². The minimum atomic E-state index is -0.315. The van der Waals surface area contributed by atoms with E-state index in [0.29, 0.717) is 18.1 Å². The monoisotopic (exact) mass is 561 g/mol. The van der Waals surface area contributed by atoms with Crippen LogP contribution in [-0.2, 0) is 11.2 Å². The number of carbonyl (C=O) groups excluding carboxylic acids is 2. The Morgan fingerprint density at radius 1 is 1.21 bits per heavy atom. The normalized spacial score (nSPS) is 16.0. The van der Waals surface area contributed by atoms with Crippen molar-refractivity contribution in [3.63, 3.8) is 0 Å². The summed E-state index contributed by atoms with van der Waals surface area (Å²) in [6.45, 7) is 4.22. The molecule has 11 nitrogen and oxygen atoms in total. The highest BCUT2D eigenvalue weighted by Crippen LogP contribution is 2.20. The van der Waals surface area contributed by atoms with E-state index in [0.717, 1.165) is 56.3 Å². The van der Waals surface area contributed by atoms with Crippen molar-refractivity contribution in [2.24, 2.45) is 0 Å². The molecule has 0 aliphatic carbocycles. The second-order valence-electron chi connectivity index (χ2n) is 10.9. The van der Waals surface area contributed by atoms with Crippen LogP contribution in [0, 0.1) is 0 Å². The number of nitrogens with zero attached hydrogens (tertiary/aromatic N) is 4. The van der Waals surface area contributed by atoms with E-state index < -0.39 is 0 Å². The van der Waals surface area contributed by atoms with E-state index in [1.165, 1.54) is 5.56 Å². The van der Waals surface area contributed by atoms with Crippen LogP contribution < -0.4 is 26.4 Å². The summed E-state index contributed by atoms with van der Waals surface area (Å²) in [5.41, 5.74) is 7.07. The van der Waals surface area contributed by atoms with Gasteiger partial charge in [0.1, 0.15) is 5.75 Å². The summed E-state index contributed by atoms with van der Waals surface area (Å²) in [6.07, 6.45) is 3.85. The minimum absolute atomic E-state index is 0.0113. The summed E-state index contributed by atoms with van der Waals surface area (Å²) in [7, 11) is 7.92. The Kier molecular flexibility index (Phi) is 11.1. The predicted octanol–water partition coefficient (Wildman–Crippen LogP) is 1.78. The Balaban J connectivity index is 1.38. The molecule has 214 valence electrons. The van der Waals surface area contributed by atoms with Crippen LogP contribution in [0.5, 0.6) is 5.75 Å².